The van der Waals surface area contributed by atoms with Crippen LogP contribution in [0.4, 0.5) is 36.6 Å². The van der Waals surface area contributed by atoms with Gasteiger partial charge in [0.15, 0.2) is 0 Å². The number of anilines is 1. The molecule has 3 aliphatic rings. The van der Waals surface area contributed by atoms with Crippen LogP contribution >= 0.6 is 11.8 Å². The number of piperidine rings is 1. The third-order valence-corrected chi connectivity index (χ3v) is 8.85. The summed E-state index contributed by atoms with van der Waals surface area (Å²) < 4.78 is 99.1. The Morgan fingerprint density at radius 2 is 1.77 bits per heavy atom. The maximum atomic E-state index is 14.9. The molecule has 4 heterocycles. The number of rotatable bonds is 4. The Labute approximate surface area is 243 Å². The molecule has 0 spiro atoms. The molecule has 2 atom stereocenters. The van der Waals surface area contributed by atoms with Crippen molar-refractivity contribution in [3.63, 3.8) is 0 Å². The molecule has 43 heavy (non-hydrogen) atoms. The molecule has 0 N–H and O–H groups in total. The number of aryl methyl sites for hydroxylation is 1. The summed E-state index contributed by atoms with van der Waals surface area (Å²) in [7, 11) is 0. The molecular formula is C28H21F7N4O3S. The smallest absolute Gasteiger partial charge is 0.352 e. The van der Waals surface area contributed by atoms with Gasteiger partial charge in [-0.15, -0.1) is 11.8 Å². The lowest BCUT2D eigenvalue weighted by Crippen LogP contribution is -2.64. The molecule has 2 unspecified atom stereocenters. The lowest BCUT2D eigenvalue weighted by Gasteiger charge is -2.49. The molecule has 0 aliphatic carbocycles. The van der Waals surface area contributed by atoms with Crippen molar-refractivity contribution in [3.8, 4) is 11.1 Å². The SMILES string of the molecule is O=C1CC2CN(c3nc(=O)n4c5c(c(-c6ccc(F)cc6F)c(C(F)(F)F)cc35)SCC4)CC(C1)N2C(=O)/C=C/C(F)F. The maximum Gasteiger partial charge on any atom is 0.417 e. The minimum absolute atomic E-state index is 0.0105. The Morgan fingerprint density at radius 3 is 2.40 bits per heavy atom. The highest BCUT2D eigenvalue weighted by molar-refractivity contribution is 7.99. The molecule has 7 nitrogen and oxygen atoms in total. The second-order valence-electron chi connectivity index (χ2n) is 10.5. The van der Waals surface area contributed by atoms with Gasteiger partial charge < -0.3 is 9.80 Å². The van der Waals surface area contributed by atoms with Crippen molar-refractivity contribution < 1.29 is 40.3 Å². The van der Waals surface area contributed by atoms with Crippen molar-refractivity contribution in [1.82, 2.24) is 14.5 Å². The highest BCUT2D eigenvalue weighted by Gasteiger charge is 2.44. The third kappa shape index (κ3) is 5.17. The van der Waals surface area contributed by atoms with E-state index in [4.69, 9.17) is 0 Å². The number of Topliss-reactive ketones (excluding diaryl/α,β-unsaturated/α-hetero) is 1. The zero-order valence-corrected chi connectivity index (χ0v) is 22.8. The number of aromatic nitrogens is 2. The summed E-state index contributed by atoms with van der Waals surface area (Å²) in [5.74, 6) is -2.96. The van der Waals surface area contributed by atoms with Crippen molar-refractivity contribution >= 4 is 40.2 Å². The Balaban J connectivity index is 1.54. The average Bonchev–Trinajstić information content (AvgIpc) is 2.92. The van der Waals surface area contributed by atoms with E-state index in [9.17, 15) is 45.1 Å². The monoisotopic (exact) mass is 626 g/mol. The number of halogens is 7. The van der Waals surface area contributed by atoms with Crippen molar-refractivity contribution in [2.24, 2.45) is 0 Å². The molecule has 0 saturated carbocycles. The summed E-state index contributed by atoms with van der Waals surface area (Å²) in [5.41, 5.74) is -2.85. The van der Waals surface area contributed by atoms with Gasteiger partial charge in [-0.3, -0.25) is 14.2 Å². The van der Waals surface area contributed by atoms with Crippen LogP contribution in [0.1, 0.15) is 18.4 Å². The Bertz CT molecular complexity index is 1740. The zero-order valence-electron chi connectivity index (χ0n) is 22.0. The van der Waals surface area contributed by atoms with Crippen molar-refractivity contribution in [2.75, 3.05) is 23.7 Å². The normalized spacial score (nSPS) is 20.5. The topological polar surface area (TPSA) is 75.5 Å². The van der Waals surface area contributed by atoms with E-state index in [0.29, 0.717) is 12.1 Å². The number of fused-ring (bicyclic) bond motifs is 2. The first kappa shape index (κ1) is 29.2. The third-order valence-electron chi connectivity index (χ3n) is 7.78. The fraction of sp³-hybridized carbons (Fsp3) is 0.357. The van der Waals surface area contributed by atoms with Crippen LogP contribution in [0.3, 0.4) is 0 Å². The molecule has 2 fully saturated rings. The number of allylic oxidation sites excluding steroid dienone is 1. The fourth-order valence-corrected chi connectivity index (χ4v) is 7.37. The molecule has 0 radical (unpaired) electrons. The summed E-state index contributed by atoms with van der Waals surface area (Å²) >= 11 is 1.01. The van der Waals surface area contributed by atoms with Crippen LogP contribution < -0.4 is 10.6 Å². The quantitative estimate of drug-likeness (QED) is 0.299. The van der Waals surface area contributed by atoms with Gasteiger partial charge in [-0.25, -0.2) is 22.4 Å². The summed E-state index contributed by atoms with van der Waals surface area (Å²) in [6, 6.07) is 1.46. The van der Waals surface area contributed by atoms with Crippen LogP contribution in [0, 0.1) is 11.6 Å². The Kier molecular flexibility index (Phi) is 7.26. The van der Waals surface area contributed by atoms with Crippen LogP contribution in [-0.2, 0) is 22.3 Å². The number of carbonyl (C=O) groups is 2. The van der Waals surface area contributed by atoms with Gasteiger partial charge in [0, 0.05) is 71.8 Å². The van der Waals surface area contributed by atoms with Gasteiger partial charge in [-0.2, -0.15) is 18.2 Å². The Hall–Kier alpha value is -3.88. The number of amides is 1. The first-order chi connectivity index (χ1) is 20.3. The van der Waals surface area contributed by atoms with Gasteiger partial charge in [0.2, 0.25) is 5.91 Å². The molecule has 3 aromatic rings. The van der Waals surface area contributed by atoms with Crippen LogP contribution in [0.15, 0.2) is 46.1 Å². The van der Waals surface area contributed by atoms with E-state index in [1.165, 1.54) is 14.4 Å². The van der Waals surface area contributed by atoms with Crippen LogP contribution in [0.2, 0.25) is 0 Å². The number of hydrogen-bond donors (Lipinski definition) is 0. The number of hydrogen-bond acceptors (Lipinski definition) is 6. The molecule has 15 heteroatoms. The van der Waals surface area contributed by atoms with E-state index in [2.05, 4.69) is 4.98 Å². The van der Waals surface area contributed by atoms with E-state index in [0.717, 1.165) is 36.0 Å². The first-order valence-corrected chi connectivity index (χ1v) is 14.1. The molecule has 3 aliphatic heterocycles. The molecule has 2 aromatic carbocycles. The number of ketones is 1. The zero-order chi connectivity index (χ0) is 30.8. The van der Waals surface area contributed by atoms with Gasteiger partial charge in [0.05, 0.1) is 23.2 Å². The fourth-order valence-electron chi connectivity index (χ4n) is 6.17. The van der Waals surface area contributed by atoms with Crippen LogP contribution in [0.5, 0.6) is 0 Å². The highest BCUT2D eigenvalue weighted by atomic mass is 32.2. The van der Waals surface area contributed by atoms with Gasteiger partial charge in [-0.05, 0) is 24.3 Å². The van der Waals surface area contributed by atoms with E-state index >= 15 is 0 Å². The summed E-state index contributed by atoms with van der Waals surface area (Å²) in [6.45, 7) is -0.0735. The molecule has 2 bridgehead atoms. The highest BCUT2D eigenvalue weighted by Crippen LogP contribution is 2.49. The van der Waals surface area contributed by atoms with E-state index < -0.39 is 64.6 Å². The molecule has 226 valence electrons. The number of thioether (sulfide) groups is 1. The van der Waals surface area contributed by atoms with Gasteiger partial charge in [0.1, 0.15) is 23.2 Å². The number of benzene rings is 2. The molecular weight excluding hydrogens is 605 g/mol. The lowest BCUT2D eigenvalue weighted by molar-refractivity contribution is -0.139. The molecule has 2 saturated heterocycles. The van der Waals surface area contributed by atoms with Gasteiger partial charge >= 0.3 is 11.9 Å². The van der Waals surface area contributed by atoms with Crippen LogP contribution in [0.25, 0.3) is 22.0 Å². The number of piperazine rings is 1. The largest absolute Gasteiger partial charge is 0.417 e. The molecule has 1 amide bonds. The molecule has 6 rings (SSSR count). The summed E-state index contributed by atoms with van der Waals surface area (Å²) in [6.07, 6.45) is -6.92. The van der Waals surface area contributed by atoms with Crippen LogP contribution in [-0.4, -0.2) is 63.5 Å². The summed E-state index contributed by atoms with van der Waals surface area (Å²) in [5, 5.41) is -0.0397. The maximum absolute atomic E-state index is 14.9. The average molecular weight is 627 g/mol. The second kappa shape index (κ2) is 10.7. The molecule has 1 aromatic heterocycles. The second-order valence-corrected chi connectivity index (χ2v) is 11.6. The predicted octanol–water partition coefficient (Wildman–Crippen LogP) is 5.04. The van der Waals surface area contributed by atoms with E-state index in [1.807, 2.05) is 0 Å². The van der Waals surface area contributed by atoms with Crippen molar-refractivity contribution in [1.29, 1.82) is 0 Å². The standard InChI is InChI=1S/C28H21F7N4O3S/c29-13-1-2-17(20(30)7-13)23-19(28(33,34)35)10-18-24-25(23)43-6-5-38(24)27(42)36-26(18)37-11-14-8-16(40)9-15(12-37)39(14)22(41)4-3-21(31)32/h1-4,7,10,14-15,21H,5-6,8-9,11-12H2/b4-3+. The van der Waals surface area contributed by atoms with Gasteiger partial charge in [0.25, 0.3) is 6.43 Å². The van der Waals surface area contributed by atoms with E-state index in [1.54, 1.807) is 0 Å². The minimum atomic E-state index is -4.98. The van der Waals surface area contributed by atoms with Crippen molar-refractivity contribution in [2.45, 2.75) is 49.0 Å². The predicted molar refractivity (Wildman–Crippen MR) is 143 cm³/mol. The number of nitrogens with zero attached hydrogens (tertiary/aromatic N) is 4. The Morgan fingerprint density at radius 1 is 1.07 bits per heavy atom. The van der Waals surface area contributed by atoms with Gasteiger partial charge in [-0.1, -0.05) is 0 Å². The number of carbonyl (C=O) groups excluding carboxylic acids is 2. The number of alkyl halides is 5. The lowest BCUT2D eigenvalue weighted by atomic mass is 9.89. The minimum Gasteiger partial charge on any atom is -0.352 e. The van der Waals surface area contributed by atoms with E-state index in [-0.39, 0.29) is 65.6 Å². The summed E-state index contributed by atoms with van der Waals surface area (Å²) in [4.78, 5) is 45.4. The van der Waals surface area contributed by atoms with Crippen molar-refractivity contribution in [3.05, 3.63) is 64.1 Å². The first-order valence-electron chi connectivity index (χ1n) is 13.2.